The summed E-state index contributed by atoms with van der Waals surface area (Å²) in [6.45, 7) is 1.32. The van der Waals surface area contributed by atoms with E-state index in [1.165, 1.54) is 13.0 Å². The van der Waals surface area contributed by atoms with Gasteiger partial charge in [-0.3, -0.25) is 0 Å². The fraction of sp³-hybridized carbons (Fsp3) is 0.400. The van der Waals surface area contributed by atoms with Crippen LogP contribution in [0.5, 0.6) is 0 Å². The van der Waals surface area contributed by atoms with Crippen molar-refractivity contribution in [2.75, 3.05) is 0 Å². The van der Waals surface area contributed by atoms with E-state index in [0.717, 1.165) is 6.07 Å². The minimum absolute atomic E-state index is 0.167. The molecule has 0 aliphatic rings. The number of hydrogen-bond acceptors (Lipinski definition) is 1. The van der Waals surface area contributed by atoms with E-state index in [1.807, 2.05) is 0 Å². The summed E-state index contributed by atoms with van der Waals surface area (Å²) < 4.78 is 75.2. The molecule has 0 fully saturated rings. The van der Waals surface area contributed by atoms with Crippen molar-refractivity contribution in [1.82, 2.24) is 0 Å². The first kappa shape index (κ1) is 15.3. The second kappa shape index (κ2) is 4.41. The van der Waals surface area contributed by atoms with E-state index in [4.69, 9.17) is 0 Å². The zero-order valence-electron chi connectivity index (χ0n) is 8.83. The maximum Gasteiger partial charge on any atom is 0.430 e. The molecule has 0 aliphatic carbocycles. The Morgan fingerprint density at radius 3 is 1.83 bits per heavy atom. The predicted octanol–water partition coefficient (Wildman–Crippen LogP) is 4.07. The first-order valence-corrected chi connectivity index (χ1v) is 5.33. The van der Waals surface area contributed by atoms with Crippen molar-refractivity contribution >= 4 is 15.9 Å². The van der Waals surface area contributed by atoms with Gasteiger partial charge >= 0.3 is 12.4 Å². The Morgan fingerprint density at radius 2 is 1.44 bits per heavy atom. The van der Waals surface area contributed by atoms with E-state index in [0.29, 0.717) is 6.07 Å². The van der Waals surface area contributed by atoms with Crippen LogP contribution in [0.3, 0.4) is 0 Å². The van der Waals surface area contributed by atoms with Crippen LogP contribution in [0.2, 0.25) is 0 Å². The van der Waals surface area contributed by atoms with Gasteiger partial charge in [0.05, 0.1) is 0 Å². The molecule has 0 saturated carbocycles. The van der Waals surface area contributed by atoms with E-state index >= 15 is 0 Å². The van der Waals surface area contributed by atoms with Gasteiger partial charge < -0.3 is 5.11 Å². The summed E-state index contributed by atoms with van der Waals surface area (Å²) in [5.41, 5.74) is -6.01. The SMILES string of the molecule is Cc1ccc(Br)c(C(O)(C(F)(F)F)C(F)(F)F)c1. The van der Waals surface area contributed by atoms with E-state index in [9.17, 15) is 31.4 Å². The second-order valence-electron chi connectivity index (χ2n) is 3.69. The molecule has 1 N–H and O–H groups in total. The van der Waals surface area contributed by atoms with E-state index < -0.39 is 28.0 Å². The molecule has 0 aliphatic heterocycles. The predicted molar refractivity (Wildman–Crippen MR) is 54.9 cm³/mol. The number of hydrogen-bond donors (Lipinski definition) is 1. The Hall–Kier alpha value is -0.760. The van der Waals surface area contributed by atoms with Crippen LogP contribution in [0.4, 0.5) is 26.3 Å². The highest BCUT2D eigenvalue weighted by atomic mass is 79.9. The number of aliphatic hydroxyl groups is 1. The minimum atomic E-state index is -5.87. The first-order valence-electron chi connectivity index (χ1n) is 4.53. The lowest BCUT2D eigenvalue weighted by atomic mass is 9.91. The molecule has 0 radical (unpaired) electrons. The molecular weight excluding hydrogens is 330 g/mol. The van der Waals surface area contributed by atoms with Crippen LogP contribution in [0.1, 0.15) is 11.1 Å². The highest BCUT2D eigenvalue weighted by Gasteiger charge is 2.71. The Morgan fingerprint density at radius 1 is 1.00 bits per heavy atom. The van der Waals surface area contributed by atoms with Crippen molar-refractivity contribution < 1.29 is 31.4 Å². The number of benzene rings is 1. The van der Waals surface area contributed by atoms with Gasteiger partial charge in [-0.25, -0.2) is 0 Å². The van der Waals surface area contributed by atoms with Gasteiger partial charge in [-0.1, -0.05) is 33.6 Å². The molecule has 0 aromatic heterocycles. The van der Waals surface area contributed by atoms with Crippen molar-refractivity contribution in [3.05, 3.63) is 33.8 Å². The molecule has 0 unspecified atom stereocenters. The zero-order valence-corrected chi connectivity index (χ0v) is 10.4. The highest BCUT2D eigenvalue weighted by Crippen LogP contribution is 2.51. The smallest absolute Gasteiger partial charge is 0.369 e. The maximum atomic E-state index is 12.6. The molecule has 1 nitrogen and oxygen atoms in total. The molecule has 0 spiro atoms. The second-order valence-corrected chi connectivity index (χ2v) is 4.54. The van der Waals surface area contributed by atoms with Gasteiger partial charge in [0.2, 0.25) is 0 Å². The molecule has 0 saturated heterocycles. The Kier molecular flexibility index (Phi) is 3.75. The van der Waals surface area contributed by atoms with Crippen molar-refractivity contribution in [3.8, 4) is 0 Å². The maximum absolute atomic E-state index is 12.6. The molecule has 1 rings (SSSR count). The van der Waals surface area contributed by atoms with Gasteiger partial charge in [-0.15, -0.1) is 0 Å². The normalized spacial score (nSPS) is 13.8. The summed E-state index contributed by atoms with van der Waals surface area (Å²) >= 11 is 2.59. The average Bonchev–Trinajstić information content (AvgIpc) is 2.17. The summed E-state index contributed by atoms with van der Waals surface area (Å²) in [7, 11) is 0. The number of aryl methyl sites for hydroxylation is 1. The van der Waals surface area contributed by atoms with Crippen molar-refractivity contribution in [1.29, 1.82) is 0 Å². The molecule has 8 heteroatoms. The standard InChI is InChI=1S/C10H7BrF6O/c1-5-2-3-7(11)6(4-5)8(18,9(12,13)14)10(15,16)17/h2-4,18H,1H3. The van der Waals surface area contributed by atoms with Crippen LogP contribution in [0.25, 0.3) is 0 Å². The number of alkyl halides is 6. The third-order valence-electron chi connectivity index (χ3n) is 2.33. The molecule has 102 valence electrons. The Balaban J connectivity index is 3.61. The lowest BCUT2D eigenvalue weighted by molar-refractivity contribution is -0.376. The molecule has 0 atom stereocenters. The van der Waals surface area contributed by atoms with E-state index in [1.54, 1.807) is 0 Å². The zero-order chi connectivity index (χ0) is 14.4. The monoisotopic (exact) mass is 336 g/mol. The van der Waals surface area contributed by atoms with Crippen molar-refractivity contribution in [2.24, 2.45) is 0 Å². The number of rotatable bonds is 1. The van der Waals surface area contributed by atoms with Crippen LogP contribution in [-0.4, -0.2) is 17.5 Å². The van der Waals surface area contributed by atoms with Gasteiger partial charge in [0.25, 0.3) is 5.60 Å². The molecule has 0 heterocycles. The van der Waals surface area contributed by atoms with Gasteiger partial charge in [0.15, 0.2) is 0 Å². The molecule has 0 bridgehead atoms. The van der Waals surface area contributed by atoms with Crippen LogP contribution in [0.15, 0.2) is 22.7 Å². The fourth-order valence-electron chi connectivity index (χ4n) is 1.38. The summed E-state index contributed by atoms with van der Waals surface area (Å²) in [4.78, 5) is 0. The Labute approximate surface area is 107 Å². The molecule has 1 aromatic rings. The largest absolute Gasteiger partial charge is 0.430 e. The quantitative estimate of drug-likeness (QED) is 0.766. The van der Waals surface area contributed by atoms with Crippen molar-refractivity contribution in [3.63, 3.8) is 0 Å². The first-order chi connectivity index (χ1) is 7.91. The van der Waals surface area contributed by atoms with Gasteiger partial charge in [-0.05, 0) is 13.0 Å². The average molecular weight is 337 g/mol. The van der Waals surface area contributed by atoms with E-state index in [2.05, 4.69) is 15.9 Å². The summed E-state index contributed by atoms with van der Waals surface area (Å²) in [5, 5.41) is 9.18. The summed E-state index contributed by atoms with van der Waals surface area (Å²) in [6, 6.07) is 2.99. The summed E-state index contributed by atoms with van der Waals surface area (Å²) in [5.74, 6) is 0. The molecule has 0 amide bonds. The minimum Gasteiger partial charge on any atom is -0.369 e. The third-order valence-corrected chi connectivity index (χ3v) is 3.02. The Bertz CT molecular complexity index is 437. The molecular formula is C10H7BrF6O. The topological polar surface area (TPSA) is 20.2 Å². The van der Waals surface area contributed by atoms with Crippen LogP contribution < -0.4 is 0 Å². The molecule has 18 heavy (non-hydrogen) atoms. The third kappa shape index (κ3) is 2.35. The number of halogens is 7. The lowest BCUT2D eigenvalue weighted by Crippen LogP contribution is -2.54. The lowest BCUT2D eigenvalue weighted by Gasteiger charge is -2.33. The van der Waals surface area contributed by atoms with Crippen LogP contribution in [-0.2, 0) is 5.60 Å². The van der Waals surface area contributed by atoms with Crippen LogP contribution >= 0.6 is 15.9 Å². The highest BCUT2D eigenvalue weighted by molar-refractivity contribution is 9.10. The van der Waals surface area contributed by atoms with E-state index in [-0.39, 0.29) is 5.56 Å². The van der Waals surface area contributed by atoms with Gasteiger partial charge in [0.1, 0.15) is 0 Å². The van der Waals surface area contributed by atoms with Gasteiger partial charge in [0, 0.05) is 10.0 Å². The fourth-order valence-corrected chi connectivity index (χ4v) is 1.92. The van der Waals surface area contributed by atoms with Gasteiger partial charge in [-0.2, -0.15) is 26.3 Å². The molecule has 1 aromatic carbocycles. The van der Waals surface area contributed by atoms with Crippen LogP contribution in [0, 0.1) is 6.92 Å². The van der Waals surface area contributed by atoms with Crippen molar-refractivity contribution in [2.45, 2.75) is 24.9 Å². The summed E-state index contributed by atoms with van der Waals surface area (Å²) in [6.07, 6.45) is -11.7.